The SMILES string of the molecule is COc1ccc(S(=O)(=O)c2ccc(C(C)(C)C)cc2)cc1. The Hall–Kier alpha value is -1.81. The van der Waals surface area contributed by atoms with Crippen LogP contribution in [-0.4, -0.2) is 15.5 Å². The summed E-state index contributed by atoms with van der Waals surface area (Å²) in [6, 6.07) is 13.5. The number of sulfone groups is 1. The van der Waals surface area contributed by atoms with Crippen LogP contribution >= 0.6 is 0 Å². The Bertz CT molecular complexity index is 706. The topological polar surface area (TPSA) is 43.4 Å². The number of hydrogen-bond acceptors (Lipinski definition) is 3. The maximum atomic E-state index is 12.6. The molecule has 0 heterocycles. The van der Waals surface area contributed by atoms with E-state index in [0.29, 0.717) is 10.6 Å². The van der Waals surface area contributed by atoms with Crippen molar-refractivity contribution in [3.63, 3.8) is 0 Å². The lowest BCUT2D eigenvalue weighted by Crippen LogP contribution is -2.11. The van der Waals surface area contributed by atoms with Gasteiger partial charge in [-0.25, -0.2) is 8.42 Å². The average Bonchev–Trinajstić information content (AvgIpc) is 2.46. The van der Waals surface area contributed by atoms with E-state index < -0.39 is 9.84 Å². The van der Waals surface area contributed by atoms with Gasteiger partial charge in [-0.05, 0) is 47.4 Å². The molecule has 0 aliphatic heterocycles. The molecule has 2 aromatic rings. The van der Waals surface area contributed by atoms with Gasteiger partial charge in [0.25, 0.3) is 0 Å². The Morgan fingerprint density at radius 2 is 1.24 bits per heavy atom. The Labute approximate surface area is 126 Å². The van der Waals surface area contributed by atoms with Gasteiger partial charge in [-0.2, -0.15) is 0 Å². The largest absolute Gasteiger partial charge is 0.497 e. The summed E-state index contributed by atoms with van der Waals surface area (Å²) < 4.78 is 30.2. The molecule has 2 rings (SSSR count). The second kappa shape index (κ2) is 5.53. The van der Waals surface area contributed by atoms with Gasteiger partial charge in [0.2, 0.25) is 9.84 Å². The standard InChI is InChI=1S/C17H20O3S/c1-17(2,3)13-5-9-15(10-6-13)21(18,19)16-11-7-14(20-4)8-12-16/h5-12H,1-4H3. The fraction of sp³-hybridized carbons (Fsp3) is 0.294. The number of rotatable bonds is 3. The lowest BCUT2D eigenvalue weighted by Gasteiger charge is -2.19. The van der Waals surface area contributed by atoms with Crippen LogP contribution in [0, 0.1) is 0 Å². The highest BCUT2D eigenvalue weighted by Gasteiger charge is 2.19. The zero-order valence-electron chi connectivity index (χ0n) is 12.8. The van der Waals surface area contributed by atoms with Crippen molar-refractivity contribution in [1.82, 2.24) is 0 Å². The van der Waals surface area contributed by atoms with Crippen LogP contribution in [0.25, 0.3) is 0 Å². The minimum absolute atomic E-state index is 0.00239. The molecule has 21 heavy (non-hydrogen) atoms. The number of benzene rings is 2. The molecule has 0 aromatic heterocycles. The predicted molar refractivity (Wildman–Crippen MR) is 83.6 cm³/mol. The van der Waals surface area contributed by atoms with Crippen LogP contribution in [0.3, 0.4) is 0 Å². The van der Waals surface area contributed by atoms with E-state index in [9.17, 15) is 8.42 Å². The third-order valence-corrected chi connectivity index (χ3v) is 5.19. The van der Waals surface area contributed by atoms with Crippen molar-refractivity contribution < 1.29 is 13.2 Å². The van der Waals surface area contributed by atoms with Gasteiger partial charge in [-0.15, -0.1) is 0 Å². The second-order valence-electron chi connectivity index (χ2n) is 5.95. The van der Waals surface area contributed by atoms with Crippen LogP contribution in [0.2, 0.25) is 0 Å². The molecule has 2 aromatic carbocycles. The molecular formula is C17H20O3S. The molecule has 0 atom stereocenters. The van der Waals surface area contributed by atoms with Crippen molar-refractivity contribution in [2.24, 2.45) is 0 Å². The molecule has 0 saturated heterocycles. The monoisotopic (exact) mass is 304 g/mol. The summed E-state index contributed by atoms with van der Waals surface area (Å²) in [6.45, 7) is 6.29. The summed E-state index contributed by atoms with van der Waals surface area (Å²) in [5, 5.41) is 0. The first-order valence-electron chi connectivity index (χ1n) is 6.75. The van der Waals surface area contributed by atoms with Gasteiger partial charge in [0.05, 0.1) is 16.9 Å². The van der Waals surface area contributed by atoms with Crippen molar-refractivity contribution in [2.45, 2.75) is 36.0 Å². The summed E-state index contributed by atoms with van der Waals surface area (Å²) in [5.41, 5.74) is 1.11. The summed E-state index contributed by atoms with van der Waals surface area (Å²) >= 11 is 0. The fourth-order valence-electron chi connectivity index (χ4n) is 2.03. The molecule has 0 fully saturated rings. The maximum Gasteiger partial charge on any atom is 0.206 e. The van der Waals surface area contributed by atoms with Crippen molar-refractivity contribution in [2.75, 3.05) is 7.11 Å². The molecule has 0 spiro atoms. The van der Waals surface area contributed by atoms with Crippen LogP contribution in [-0.2, 0) is 15.3 Å². The van der Waals surface area contributed by atoms with Crippen LogP contribution in [0.1, 0.15) is 26.3 Å². The number of methoxy groups -OCH3 is 1. The summed E-state index contributed by atoms with van der Waals surface area (Å²) in [4.78, 5) is 0.576. The van der Waals surface area contributed by atoms with E-state index in [0.717, 1.165) is 5.56 Å². The van der Waals surface area contributed by atoms with E-state index in [-0.39, 0.29) is 10.3 Å². The average molecular weight is 304 g/mol. The highest BCUT2D eigenvalue weighted by Crippen LogP contribution is 2.27. The van der Waals surface area contributed by atoms with Crippen LogP contribution in [0.4, 0.5) is 0 Å². The Kier molecular flexibility index (Phi) is 4.10. The minimum atomic E-state index is -3.48. The van der Waals surface area contributed by atoms with Gasteiger partial charge in [-0.1, -0.05) is 32.9 Å². The summed E-state index contributed by atoms with van der Waals surface area (Å²) in [6.07, 6.45) is 0. The van der Waals surface area contributed by atoms with Gasteiger partial charge < -0.3 is 4.74 Å². The van der Waals surface area contributed by atoms with E-state index in [1.807, 2.05) is 12.1 Å². The first kappa shape index (κ1) is 15.6. The van der Waals surface area contributed by atoms with Crippen molar-refractivity contribution >= 4 is 9.84 Å². The van der Waals surface area contributed by atoms with E-state index in [1.54, 1.807) is 43.5 Å². The fourth-order valence-corrected chi connectivity index (χ4v) is 3.29. The highest BCUT2D eigenvalue weighted by molar-refractivity contribution is 7.91. The van der Waals surface area contributed by atoms with Crippen LogP contribution < -0.4 is 4.74 Å². The number of hydrogen-bond donors (Lipinski definition) is 0. The predicted octanol–water partition coefficient (Wildman–Crippen LogP) is 3.83. The molecular weight excluding hydrogens is 284 g/mol. The first-order chi connectivity index (χ1) is 9.75. The van der Waals surface area contributed by atoms with Crippen molar-refractivity contribution in [1.29, 1.82) is 0 Å². The molecule has 0 radical (unpaired) electrons. The molecule has 0 bridgehead atoms. The van der Waals surface area contributed by atoms with E-state index in [1.165, 1.54) is 0 Å². The zero-order valence-corrected chi connectivity index (χ0v) is 13.6. The first-order valence-corrected chi connectivity index (χ1v) is 8.23. The Balaban J connectivity index is 2.39. The van der Waals surface area contributed by atoms with E-state index in [4.69, 9.17) is 4.74 Å². The van der Waals surface area contributed by atoms with Gasteiger partial charge in [-0.3, -0.25) is 0 Å². The van der Waals surface area contributed by atoms with Gasteiger partial charge in [0, 0.05) is 0 Å². The van der Waals surface area contributed by atoms with Gasteiger partial charge in [0.1, 0.15) is 5.75 Å². The molecule has 0 aliphatic rings. The van der Waals surface area contributed by atoms with Crippen molar-refractivity contribution in [3.8, 4) is 5.75 Å². The lowest BCUT2D eigenvalue weighted by atomic mass is 9.87. The molecule has 0 amide bonds. The highest BCUT2D eigenvalue weighted by atomic mass is 32.2. The lowest BCUT2D eigenvalue weighted by molar-refractivity contribution is 0.414. The minimum Gasteiger partial charge on any atom is -0.497 e. The maximum absolute atomic E-state index is 12.6. The van der Waals surface area contributed by atoms with E-state index >= 15 is 0 Å². The zero-order chi connectivity index (χ0) is 15.7. The van der Waals surface area contributed by atoms with E-state index in [2.05, 4.69) is 20.8 Å². The quantitative estimate of drug-likeness (QED) is 0.865. The number of ether oxygens (including phenoxy) is 1. The Morgan fingerprint density at radius 3 is 1.62 bits per heavy atom. The molecule has 3 nitrogen and oxygen atoms in total. The molecule has 0 N–H and O–H groups in total. The second-order valence-corrected chi connectivity index (χ2v) is 7.90. The normalized spacial score (nSPS) is 12.2. The molecule has 112 valence electrons. The van der Waals surface area contributed by atoms with Gasteiger partial charge >= 0.3 is 0 Å². The Morgan fingerprint density at radius 1 is 0.810 bits per heavy atom. The van der Waals surface area contributed by atoms with Crippen LogP contribution in [0.5, 0.6) is 5.75 Å². The smallest absolute Gasteiger partial charge is 0.206 e. The van der Waals surface area contributed by atoms with Crippen LogP contribution in [0.15, 0.2) is 58.3 Å². The molecule has 0 saturated carbocycles. The van der Waals surface area contributed by atoms with Crippen molar-refractivity contribution in [3.05, 3.63) is 54.1 Å². The third-order valence-electron chi connectivity index (χ3n) is 3.40. The molecule has 0 aliphatic carbocycles. The molecule has 0 unspecified atom stereocenters. The molecule has 4 heteroatoms. The van der Waals surface area contributed by atoms with Gasteiger partial charge in [0.15, 0.2) is 0 Å². The third kappa shape index (κ3) is 3.27. The summed E-state index contributed by atoms with van der Waals surface area (Å²) in [5.74, 6) is 0.636. The summed E-state index contributed by atoms with van der Waals surface area (Å²) in [7, 11) is -1.93.